The van der Waals surface area contributed by atoms with Crippen LogP contribution in [0.2, 0.25) is 0 Å². The fraction of sp³-hybridized carbons (Fsp3) is 0.222. The first-order valence-electron chi connectivity index (χ1n) is 15.6. The predicted molar refractivity (Wildman–Crippen MR) is 184 cm³/mol. The number of amides is 1. The quantitative estimate of drug-likeness (QED) is 0.137. The van der Waals surface area contributed by atoms with E-state index in [4.69, 9.17) is 14.8 Å². The number of nitrogens with zero attached hydrogens (tertiary/aromatic N) is 5. The summed E-state index contributed by atoms with van der Waals surface area (Å²) in [5.41, 5.74) is 5.72. The molecule has 9 nitrogen and oxygen atoms in total. The molecule has 1 aliphatic rings. The van der Waals surface area contributed by atoms with Gasteiger partial charge in [0.05, 0.1) is 29.8 Å². The summed E-state index contributed by atoms with van der Waals surface area (Å²) in [6.45, 7) is 4.17. The second kappa shape index (κ2) is 13.9. The Balaban J connectivity index is 1.11. The van der Waals surface area contributed by atoms with E-state index in [1.54, 1.807) is 17.5 Å². The minimum absolute atomic E-state index is 0.0575. The number of carbonyl (C=O) groups is 1. The molecule has 5 heterocycles. The lowest BCUT2D eigenvalue weighted by atomic mass is 10.0. The van der Waals surface area contributed by atoms with Gasteiger partial charge in [0.15, 0.2) is 0 Å². The van der Waals surface area contributed by atoms with Crippen LogP contribution >= 0.6 is 11.3 Å². The van der Waals surface area contributed by atoms with Gasteiger partial charge < -0.3 is 20.3 Å². The highest BCUT2D eigenvalue weighted by Crippen LogP contribution is 2.35. The van der Waals surface area contributed by atoms with Crippen LogP contribution in [-0.4, -0.2) is 56.6 Å². The number of likely N-dealkylation sites (tertiary alicyclic amines) is 1. The molecule has 0 aliphatic carbocycles. The Morgan fingerprint density at radius 2 is 1.83 bits per heavy atom. The average Bonchev–Trinajstić information content (AvgIpc) is 3.86. The van der Waals surface area contributed by atoms with Crippen molar-refractivity contribution in [3.63, 3.8) is 0 Å². The molecule has 0 atom stereocenters. The molecule has 232 valence electrons. The van der Waals surface area contributed by atoms with E-state index < -0.39 is 0 Å². The van der Waals surface area contributed by atoms with E-state index in [-0.39, 0.29) is 5.91 Å². The fourth-order valence-corrected chi connectivity index (χ4v) is 6.51. The number of fused-ring (bicyclic) bond motifs is 1. The van der Waals surface area contributed by atoms with Gasteiger partial charge in [0.1, 0.15) is 11.4 Å². The van der Waals surface area contributed by atoms with Gasteiger partial charge in [0, 0.05) is 46.8 Å². The Kier molecular flexibility index (Phi) is 8.97. The molecule has 10 heteroatoms. The van der Waals surface area contributed by atoms with Crippen LogP contribution in [0.4, 0.5) is 17.3 Å². The van der Waals surface area contributed by atoms with Gasteiger partial charge in [-0.2, -0.15) is 5.10 Å². The number of nitrogens with one attached hydrogen (secondary N) is 2. The molecular formula is C36H35N7O2S. The van der Waals surface area contributed by atoms with Gasteiger partial charge >= 0.3 is 0 Å². The lowest BCUT2D eigenvalue weighted by Gasteiger charge is -2.14. The van der Waals surface area contributed by atoms with Crippen LogP contribution in [0.15, 0.2) is 103 Å². The minimum Gasteiger partial charge on any atom is -0.493 e. The summed E-state index contributed by atoms with van der Waals surface area (Å²) in [4.78, 5) is 25.7. The molecule has 7 rings (SSSR count). The van der Waals surface area contributed by atoms with Crippen molar-refractivity contribution in [2.75, 3.05) is 36.9 Å². The molecule has 0 radical (unpaired) electrons. The summed E-state index contributed by atoms with van der Waals surface area (Å²) in [7, 11) is 0. The Bertz CT molecular complexity index is 1930. The monoisotopic (exact) mass is 629 g/mol. The van der Waals surface area contributed by atoms with Gasteiger partial charge in [-0.15, -0.1) is 11.3 Å². The van der Waals surface area contributed by atoms with Gasteiger partial charge in [0.2, 0.25) is 11.9 Å². The number of thiophene rings is 1. The van der Waals surface area contributed by atoms with E-state index in [0.717, 1.165) is 57.3 Å². The summed E-state index contributed by atoms with van der Waals surface area (Å²) < 4.78 is 7.91. The number of hydrogen-bond acceptors (Lipinski definition) is 8. The zero-order valence-corrected chi connectivity index (χ0v) is 26.2. The summed E-state index contributed by atoms with van der Waals surface area (Å²) >= 11 is 1.58. The third-order valence-corrected chi connectivity index (χ3v) is 8.84. The molecule has 1 amide bonds. The van der Waals surface area contributed by atoms with Crippen LogP contribution in [-0.2, 0) is 11.2 Å². The van der Waals surface area contributed by atoms with E-state index in [2.05, 4.69) is 20.5 Å². The van der Waals surface area contributed by atoms with E-state index >= 15 is 0 Å². The fourth-order valence-electron chi connectivity index (χ4n) is 5.81. The Hall–Kier alpha value is -5.06. The minimum atomic E-state index is -0.0575. The molecule has 0 bridgehead atoms. The standard InChI is InChI=1S/C36H35N7O2S/c44-33(25-30-13-7-22-46-30)38-27-10-5-9-26(23-27)35-34(32-14-1-2-20-43(32)41-35)31-15-16-37-36(40-31)39-28-11-6-12-29(24-28)45-21-8-19-42-17-3-4-18-42/h1-2,5-7,9-16,20,22-24H,3-4,8,17-19,21,25H2,(H,38,44)(H,37,39,40). The second-order valence-corrected chi connectivity index (χ2v) is 12.3. The molecule has 2 aromatic carbocycles. The second-order valence-electron chi connectivity index (χ2n) is 11.3. The smallest absolute Gasteiger partial charge is 0.229 e. The van der Waals surface area contributed by atoms with Crippen molar-refractivity contribution in [2.24, 2.45) is 0 Å². The number of rotatable bonds is 12. The number of hydrogen-bond donors (Lipinski definition) is 2. The molecule has 1 aliphatic heterocycles. The zero-order chi connectivity index (χ0) is 31.1. The largest absolute Gasteiger partial charge is 0.493 e. The lowest BCUT2D eigenvalue weighted by Crippen LogP contribution is -2.21. The van der Waals surface area contributed by atoms with Crippen LogP contribution < -0.4 is 15.4 Å². The van der Waals surface area contributed by atoms with E-state index in [1.165, 1.54) is 25.9 Å². The summed E-state index contributed by atoms with van der Waals surface area (Å²) in [6, 6.07) is 27.5. The first-order chi connectivity index (χ1) is 22.7. The first kappa shape index (κ1) is 29.6. The molecular weight excluding hydrogens is 595 g/mol. The molecule has 0 unspecified atom stereocenters. The van der Waals surface area contributed by atoms with Gasteiger partial charge in [-0.25, -0.2) is 14.5 Å². The van der Waals surface area contributed by atoms with Crippen molar-refractivity contribution >= 4 is 40.1 Å². The predicted octanol–water partition coefficient (Wildman–Crippen LogP) is 7.31. The van der Waals surface area contributed by atoms with Crippen molar-refractivity contribution in [2.45, 2.75) is 25.7 Å². The van der Waals surface area contributed by atoms with Crippen LogP contribution in [0.5, 0.6) is 5.75 Å². The number of aromatic nitrogens is 4. The third kappa shape index (κ3) is 7.09. The number of ether oxygens (including phenoxy) is 1. The van der Waals surface area contributed by atoms with Crippen molar-refractivity contribution in [3.05, 3.63) is 108 Å². The van der Waals surface area contributed by atoms with Crippen molar-refractivity contribution < 1.29 is 9.53 Å². The van der Waals surface area contributed by atoms with Crippen molar-refractivity contribution in [1.29, 1.82) is 0 Å². The highest BCUT2D eigenvalue weighted by atomic mass is 32.1. The Morgan fingerprint density at radius 1 is 0.935 bits per heavy atom. The normalized spacial score (nSPS) is 13.2. The van der Waals surface area contributed by atoms with E-state index in [9.17, 15) is 4.79 Å². The van der Waals surface area contributed by atoms with E-state index in [0.29, 0.717) is 24.7 Å². The summed E-state index contributed by atoms with van der Waals surface area (Å²) in [5, 5.41) is 13.3. The van der Waals surface area contributed by atoms with Gasteiger partial charge in [-0.1, -0.05) is 30.3 Å². The maximum atomic E-state index is 12.7. The topological polar surface area (TPSA) is 96.7 Å². The van der Waals surface area contributed by atoms with Crippen LogP contribution in [0.25, 0.3) is 28.0 Å². The highest BCUT2D eigenvalue weighted by Gasteiger charge is 2.19. The number of pyridine rings is 1. The van der Waals surface area contributed by atoms with Gasteiger partial charge in [-0.05, 0) is 86.3 Å². The molecule has 2 N–H and O–H groups in total. The SMILES string of the molecule is O=C(Cc1cccs1)Nc1cccc(-c2nn3ccccc3c2-c2ccnc(Nc3cccc(OCCCN4CCCC4)c3)n2)c1. The van der Waals surface area contributed by atoms with Crippen LogP contribution in [0.1, 0.15) is 24.1 Å². The molecule has 0 saturated carbocycles. The Morgan fingerprint density at radius 3 is 2.72 bits per heavy atom. The highest BCUT2D eigenvalue weighted by molar-refractivity contribution is 7.10. The first-order valence-corrected chi connectivity index (χ1v) is 16.5. The summed E-state index contributed by atoms with van der Waals surface area (Å²) in [5.74, 6) is 1.23. The summed E-state index contributed by atoms with van der Waals surface area (Å²) in [6.07, 6.45) is 7.63. The molecule has 4 aromatic heterocycles. The van der Waals surface area contributed by atoms with Crippen LogP contribution in [0, 0.1) is 0 Å². The third-order valence-electron chi connectivity index (χ3n) is 7.96. The molecule has 0 spiro atoms. The maximum Gasteiger partial charge on any atom is 0.229 e. The molecule has 46 heavy (non-hydrogen) atoms. The average molecular weight is 630 g/mol. The lowest BCUT2D eigenvalue weighted by molar-refractivity contribution is -0.115. The van der Waals surface area contributed by atoms with Crippen molar-refractivity contribution in [3.8, 4) is 28.3 Å². The van der Waals surface area contributed by atoms with Gasteiger partial charge in [-0.3, -0.25) is 4.79 Å². The Labute approximate surface area is 271 Å². The maximum absolute atomic E-state index is 12.7. The molecule has 1 fully saturated rings. The van der Waals surface area contributed by atoms with E-state index in [1.807, 2.05) is 101 Å². The number of anilines is 3. The number of carbonyl (C=O) groups excluding carboxylic acids is 1. The van der Waals surface area contributed by atoms with Gasteiger partial charge in [0.25, 0.3) is 0 Å². The molecule has 1 saturated heterocycles. The molecule has 6 aromatic rings. The zero-order valence-electron chi connectivity index (χ0n) is 25.4. The van der Waals surface area contributed by atoms with Crippen molar-refractivity contribution in [1.82, 2.24) is 24.5 Å². The number of benzene rings is 2. The van der Waals surface area contributed by atoms with Crippen LogP contribution in [0.3, 0.4) is 0 Å².